The molecule has 1 amide bonds. The average molecular weight is 415 g/mol. The molecule has 1 aromatic heterocycles. The van der Waals surface area contributed by atoms with Crippen molar-refractivity contribution in [3.8, 4) is 0 Å². The topological polar surface area (TPSA) is 66.5 Å². The first-order valence-corrected chi connectivity index (χ1v) is 11.0. The van der Waals surface area contributed by atoms with Crippen molar-refractivity contribution in [2.45, 2.75) is 17.9 Å². The molecule has 1 N–H and O–H groups in total. The summed E-state index contributed by atoms with van der Waals surface area (Å²) in [4.78, 5) is 14.0. The lowest BCUT2D eigenvalue weighted by molar-refractivity contribution is 0.0943. The molecule has 0 bridgehead atoms. The summed E-state index contributed by atoms with van der Waals surface area (Å²) in [6.07, 6.45) is 0. The highest BCUT2D eigenvalue weighted by Gasteiger charge is 2.20. The molecular formula is C21H22N2O3S2. The molecule has 0 saturated heterocycles. The maximum atomic E-state index is 12.8. The van der Waals surface area contributed by atoms with Gasteiger partial charge in [-0.2, -0.15) is 0 Å². The van der Waals surface area contributed by atoms with Crippen molar-refractivity contribution < 1.29 is 13.2 Å². The average Bonchev–Trinajstić information content (AvgIpc) is 3.21. The minimum Gasteiger partial charge on any atom is -0.340 e. The molecule has 1 atom stereocenters. The number of amides is 1. The van der Waals surface area contributed by atoms with E-state index in [1.54, 1.807) is 11.3 Å². The summed E-state index contributed by atoms with van der Waals surface area (Å²) in [5, 5.41) is 5.04. The fourth-order valence-electron chi connectivity index (χ4n) is 2.74. The van der Waals surface area contributed by atoms with Crippen LogP contribution in [-0.4, -0.2) is 32.7 Å². The van der Waals surface area contributed by atoms with Crippen LogP contribution < -0.4 is 5.32 Å². The van der Waals surface area contributed by atoms with Crippen LogP contribution in [0.4, 0.5) is 0 Å². The number of thiophene rings is 1. The number of hydrogen-bond donors (Lipinski definition) is 1. The van der Waals surface area contributed by atoms with Crippen molar-refractivity contribution in [2.24, 2.45) is 0 Å². The number of benzene rings is 2. The number of nitrogens with one attached hydrogen (secondary N) is 1. The van der Waals surface area contributed by atoms with E-state index >= 15 is 0 Å². The van der Waals surface area contributed by atoms with Crippen LogP contribution in [0.3, 0.4) is 0 Å². The molecule has 1 heterocycles. The Hall–Kier alpha value is -2.48. The number of carbonyl (C=O) groups excluding carboxylic acids is 1. The van der Waals surface area contributed by atoms with Gasteiger partial charge < -0.3 is 5.32 Å². The molecule has 0 aliphatic heterocycles. The minimum atomic E-state index is -3.52. The van der Waals surface area contributed by atoms with E-state index in [1.165, 1.54) is 38.4 Å². The maximum Gasteiger partial charge on any atom is 0.252 e. The second kappa shape index (κ2) is 8.26. The fourth-order valence-corrected chi connectivity index (χ4v) is 4.44. The Bertz CT molecular complexity index is 1040. The van der Waals surface area contributed by atoms with E-state index in [4.69, 9.17) is 0 Å². The fraction of sp³-hybridized carbons (Fsp3) is 0.190. The number of sulfonamides is 1. The molecule has 7 heteroatoms. The van der Waals surface area contributed by atoms with Crippen molar-refractivity contribution in [1.29, 1.82) is 0 Å². The molecule has 3 rings (SSSR count). The zero-order valence-corrected chi connectivity index (χ0v) is 17.5. The quantitative estimate of drug-likeness (QED) is 0.667. The molecule has 0 aliphatic carbocycles. The highest BCUT2D eigenvalue weighted by Crippen LogP contribution is 2.27. The Morgan fingerprint density at radius 2 is 1.64 bits per heavy atom. The van der Waals surface area contributed by atoms with Crippen LogP contribution in [-0.2, 0) is 10.0 Å². The summed E-state index contributed by atoms with van der Waals surface area (Å²) < 4.78 is 25.5. The Kier molecular flexibility index (Phi) is 5.98. The normalized spacial score (nSPS) is 12.7. The number of rotatable bonds is 6. The van der Waals surface area contributed by atoms with Gasteiger partial charge >= 0.3 is 0 Å². The molecule has 0 spiro atoms. The molecule has 5 nitrogen and oxygen atoms in total. The van der Waals surface area contributed by atoms with Crippen molar-refractivity contribution in [1.82, 2.24) is 9.62 Å². The summed E-state index contributed by atoms with van der Waals surface area (Å²) in [6, 6.07) is 17.7. The monoisotopic (exact) mass is 414 g/mol. The van der Waals surface area contributed by atoms with Gasteiger partial charge in [0.05, 0.1) is 10.9 Å². The second-order valence-electron chi connectivity index (χ2n) is 6.64. The van der Waals surface area contributed by atoms with Gasteiger partial charge in [0, 0.05) is 24.5 Å². The number of hydrogen-bond acceptors (Lipinski definition) is 4. The number of carbonyl (C=O) groups is 1. The summed E-state index contributed by atoms with van der Waals surface area (Å²) in [5.41, 5.74) is 2.55. The van der Waals surface area contributed by atoms with Gasteiger partial charge in [0.25, 0.3) is 5.91 Å². The third kappa shape index (κ3) is 4.32. The predicted octanol–water partition coefficient (Wildman–Crippen LogP) is 3.83. The van der Waals surface area contributed by atoms with Crippen molar-refractivity contribution >= 4 is 27.3 Å². The Balaban J connectivity index is 1.85. The molecule has 1 unspecified atom stereocenters. The summed E-state index contributed by atoms with van der Waals surface area (Å²) in [5.74, 6) is -0.257. The van der Waals surface area contributed by atoms with Crippen LogP contribution >= 0.6 is 11.3 Å². The smallest absolute Gasteiger partial charge is 0.252 e. The standard InChI is InChI=1S/C21H22N2O3S2/c1-15-6-8-16(9-7-15)20(19-5-4-14-27-19)22-21(24)17-10-12-18(13-11-17)28(25,26)23(2)3/h4-14,20H,1-3H3,(H,22,24). The molecule has 146 valence electrons. The van der Waals surface area contributed by atoms with Crippen LogP contribution in [0.1, 0.15) is 32.4 Å². The Labute approximate surface area is 169 Å². The van der Waals surface area contributed by atoms with Crippen LogP contribution in [0.5, 0.6) is 0 Å². The van der Waals surface area contributed by atoms with Crippen molar-refractivity contribution in [3.05, 3.63) is 87.6 Å². The SMILES string of the molecule is Cc1ccc(C(NC(=O)c2ccc(S(=O)(=O)N(C)C)cc2)c2cccs2)cc1. The predicted molar refractivity (Wildman–Crippen MR) is 112 cm³/mol. The van der Waals surface area contributed by atoms with E-state index in [-0.39, 0.29) is 16.8 Å². The zero-order valence-electron chi connectivity index (χ0n) is 15.9. The molecule has 0 saturated carbocycles. The third-order valence-electron chi connectivity index (χ3n) is 4.41. The van der Waals surface area contributed by atoms with Gasteiger partial charge in [-0.15, -0.1) is 11.3 Å². The van der Waals surface area contributed by atoms with E-state index in [0.717, 1.165) is 20.3 Å². The van der Waals surface area contributed by atoms with Crippen LogP contribution in [0.25, 0.3) is 0 Å². The van der Waals surface area contributed by atoms with E-state index in [9.17, 15) is 13.2 Å². The lowest BCUT2D eigenvalue weighted by atomic mass is 10.0. The third-order valence-corrected chi connectivity index (χ3v) is 7.18. The zero-order chi connectivity index (χ0) is 20.3. The lowest BCUT2D eigenvalue weighted by Gasteiger charge is -2.19. The largest absolute Gasteiger partial charge is 0.340 e. The molecule has 0 fully saturated rings. The summed E-state index contributed by atoms with van der Waals surface area (Å²) in [7, 11) is -0.571. The van der Waals surface area contributed by atoms with Crippen molar-refractivity contribution in [3.63, 3.8) is 0 Å². The first-order valence-electron chi connectivity index (χ1n) is 8.72. The van der Waals surface area contributed by atoms with Crippen LogP contribution in [0, 0.1) is 6.92 Å². The highest BCUT2D eigenvalue weighted by atomic mass is 32.2. The number of nitrogens with zero attached hydrogens (tertiary/aromatic N) is 1. The van der Waals surface area contributed by atoms with Gasteiger partial charge in [-0.25, -0.2) is 12.7 Å². The molecule has 0 aliphatic rings. The van der Waals surface area contributed by atoms with Gasteiger partial charge in [0.15, 0.2) is 0 Å². The van der Waals surface area contributed by atoms with E-state index in [2.05, 4.69) is 5.32 Å². The van der Waals surface area contributed by atoms with Crippen LogP contribution in [0.15, 0.2) is 70.9 Å². The van der Waals surface area contributed by atoms with Gasteiger partial charge in [-0.05, 0) is 48.2 Å². The van der Waals surface area contributed by atoms with Crippen molar-refractivity contribution in [2.75, 3.05) is 14.1 Å². The summed E-state index contributed by atoms with van der Waals surface area (Å²) >= 11 is 1.58. The second-order valence-corrected chi connectivity index (χ2v) is 9.78. The molecule has 0 radical (unpaired) electrons. The van der Waals surface area contributed by atoms with E-state index < -0.39 is 10.0 Å². The van der Waals surface area contributed by atoms with Gasteiger partial charge in [-0.1, -0.05) is 35.9 Å². The molecule has 2 aromatic carbocycles. The minimum absolute atomic E-state index is 0.155. The summed E-state index contributed by atoms with van der Waals surface area (Å²) in [6.45, 7) is 2.02. The molecular weight excluding hydrogens is 392 g/mol. The Morgan fingerprint density at radius 1 is 1.00 bits per heavy atom. The molecule has 3 aromatic rings. The van der Waals surface area contributed by atoms with Gasteiger partial charge in [0.1, 0.15) is 0 Å². The Morgan fingerprint density at radius 3 is 2.18 bits per heavy atom. The van der Waals surface area contributed by atoms with E-state index in [1.807, 2.05) is 48.7 Å². The van der Waals surface area contributed by atoms with Gasteiger partial charge in [0.2, 0.25) is 10.0 Å². The van der Waals surface area contributed by atoms with E-state index in [0.29, 0.717) is 5.56 Å². The van der Waals surface area contributed by atoms with Gasteiger partial charge in [-0.3, -0.25) is 4.79 Å². The highest BCUT2D eigenvalue weighted by molar-refractivity contribution is 7.89. The maximum absolute atomic E-state index is 12.8. The first-order chi connectivity index (χ1) is 13.3. The first kappa shape index (κ1) is 20.3. The van der Waals surface area contributed by atoms with Crippen LogP contribution in [0.2, 0.25) is 0 Å². The molecule has 28 heavy (non-hydrogen) atoms. The lowest BCUT2D eigenvalue weighted by Crippen LogP contribution is -2.29. The number of aryl methyl sites for hydroxylation is 1.